The zero-order valence-corrected chi connectivity index (χ0v) is 12.8. The minimum Gasteiger partial charge on any atom is -0.454 e. The van der Waals surface area contributed by atoms with Crippen LogP contribution in [0.25, 0.3) is 0 Å². The van der Waals surface area contributed by atoms with Crippen LogP contribution in [-0.2, 0) is 6.54 Å². The second-order valence-corrected chi connectivity index (χ2v) is 6.37. The Morgan fingerprint density at radius 1 is 1.26 bits per heavy atom. The number of benzene rings is 1. The van der Waals surface area contributed by atoms with Gasteiger partial charge in [0.1, 0.15) is 0 Å². The van der Waals surface area contributed by atoms with Gasteiger partial charge >= 0.3 is 0 Å². The molecule has 1 N–H and O–H groups in total. The second-order valence-electron chi connectivity index (χ2n) is 5.51. The van der Waals surface area contributed by atoms with E-state index < -0.39 is 0 Å². The third-order valence-corrected chi connectivity index (χ3v) is 5.00. The van der Waals surface area contributed by atoms with Crippen LogP contribution in [0.2, 0.25) is 0 Å². The normalized spacial score (nSPS) is 19.9. The summed E-state index contributed by atoms with van der Waals surface area (Å²) < 4.78 is 11.9. The highest BCUT2D eigenvalue weighted by Gasteiger charge is 2.22. The molecule has 104 valence electrons. The predicted octanol–water partition coefficient (Wildman–Crippen LogP) is 3.85. The Kier molecular flexibility index (Phi) is 3.99. The minimum atomic E-state index is 0.330. The van der Waals surface area contributed by atoms with E-state index in [4.69, 9.17) is 9.47 Å². The fraction of sp³-hybridized carbons (Fsp3) is 0.600. The van der Waals surface area contributed by atoms with E-state index >= 15 is 0 Å². The molecule has 2 aliphatic rings. The van der Waals surface area contributed by atoms with E-state index in [1.54, 1.807) is 0 Å². The zero-order valence-electron chi connectivity index (χ0n) is 11.2. The molecule has 19 heavy (non-hydrogen) atoms. The lowest BCUT2D eigenvalue weighted by Crippen LogP contribution is -2.31. The molecule has 3 rings (SSSR count). The maximum Gasteiger partial charge on any atom is 0.231 e. The highest BCUT2D eigenvalue weighted by atomic mass is 79.9. The molecule has 1 aromatic rings. The van der Waals surface area contributed by atoms with Crippen molar-refractivity contribution in [3.63, 3.8) is 0 Å². The van der Waals surface area contributed by atoms with Crippen molar-refractivity contribution in [2.75, 3.05) is 6.79 Å². The van der Waals surface area contributed by atoms with Crippen molar-refractivity contribution < 1.29 is 9.47 Å². The molecule has 1 aliphatic carbocycles. The van der Waals surface area contributed by atoms with Crippen LogP contribution in [0.4, 0.5) is 0 Å². The van der Waals surface area contributed by atoms with Gasteiger partial charge in [-0.3, -0.25) is 0 Å². The van der Waals surface area contributed by atoms with Gasteiger partial charge in [0.25, 0.3) is 0 Å². The standard InChI is InChI=1S/C15H20BrNO2/c1-10(11-4-2-3-5-11)17-8-12-6-14-15(7-13(12)16)19-9-18-14/h6-7,10-11,17H,2-5,8-9H2,1H3/t10-/m1/s1. The van der Waals surface area contributed by atoms with Gasteiger partial charge in [-0.1, -0.05) is 28.8 Å². The van der Waals surface area contributed by atoms with E-state index in [9.17, 15) is 0 Å². The lowest BCUT2D eigenvalue weighted by atomic mass is 9.99. The first-order valence-electron chi connectivity index (χ1n) is 7.05. The van der Waals surface area contributed by atoms with Crippen LogP contribution in [0.3, 0.4) is 0 Å². The molecule has 0 aromatic heterocycles. The van der Waals surface area contributed by atoms with E-state index in [1.165, 1.54) is 31.2 Å². The molecule has 0 spiro atoms. The average Bonchev–Trinajstić information content (AvgIpc) is 3.06. The molecular formula is C15H20BrNO2. The summed E-state index contributed by atoms with van der Waals surface area (Å²) in [6, 6.07) is 4.65. The maximum absolute atomic E-state index is 5.43. The molecule has 4 heteroatoms. The Hall–Kier alpha value is -0.740. The molecule has 0 bridgehead atoms. The average molecular weight is 326 g/mol. The summed E-state index contributed by atoms with van der Waals surface area (Å²) >= 11 is 3.61. The first-order chi connectivity index (χ1) is 9.24. The smallest absolute Gasteiger partial charge is 0.231 e. The molecule has 1 aromatic carbocycles. The van der Waals surface area contributed by atoms with Crippen LogP contribution < -0.4 is 14.8 Å². The van der Waals surface area contributed by atoms with Gasteiger partial charge in [0.05, 0.1) is 0 Å². The molecule has 0 unspecified atom stereocenters. The van der Waals surface area contributed by atoms with Crippen LogP contribution in [0.1, 0.15) is 38.2 Å². The Balaban J connectivity index is 1.63. The Morgan fingerprint density at radius 3 is 2.68 bits per heavy atom. The third kappa shape index (κ3) is 2.90. The number of fused-ring (bicyclic) bond motifs is 1. The largest absolute Gasteiger partial charge is 0.454 e. The van der Waals surface area contributed by atoms with Crippen LogP contribution in [-0.4, -0.2) is 12.8 Å². The fourth-order valence-electron chi connectivity index (χ4n) is 2.99. The van der Waals surface area contributed by atoms with E-state index in [1.807, 2.05) is 6.07 Å². The molecule has 1 fully saturated rings. The van der Waals surface area contributed by atoms with Gasteiger partial charge in [0.15, 0.2) is 11.5 Å². The zero-order chi connectivity index (χ0) is 13.2. The topological polar surface area (TPSA) is 30.5 Å². The molecule has 1 atom stereocenters. The van der Waals surface area contributed by atoms with Gasteiger partial charge in [-0.15, -0.1) is 0 Å². The number of halogens is 1. The molecule has 1 saturated carbocycles. The summed E-state index contributed by atoms with van der Waals surface area (Å²) in [5, 5.41) is 3.65. The molecule has 1 heterocycles. The van der Waals surface area contributed by atoms with Crippen molar-refractivity contribution in [3.8, 4) is 11.5 Å². The van der Waals surface area contributed by atoms with Crippen molar-refractivity contribution >= 4 is 15.9 Å². The van der Waals surface area contributed by atoms with E-state index in [0.717, 1.165) is 28.4 Å². The molecule has 0 radical (unpaired) electrons. The second kappa shape index (κ2) is 5.71. The number of nitrogens with one attached hydrogen (secondary N) is 1. The molecular weight excluding hydrogens is 306 g/mol. The number of hydrogen-bond acceptors (Lipinski definition) is 3. The molecule has 0 saturated heterocycles. The van der Waals surface area contributed by atoms with Crippen molar-refractivity contribution in [1.29, 1.82) is 0 Å². The van der Waals surface area contributed by atoms with E-state index in [0.29, 0.717) is 12.8 Å². The van der Waals surface area contributed by atoms with Crippen molar-refractivity contribution in [1.82, 2.24) is 5.32 Å². The SMILES string of the molecule is C[C@@H](NCc1cc2c(cc1Br)OCO2)C1CCCC1. The van der Waals surface area contributed by atoms with Gasteiger partial charge in [0.2, 0.25) is 6.79 Å². The highest BCUT2D eigenvalue weighted by Crippen LogP contribution is 2.37. The van der Waals surface area contributed by atoms with Gasteiger partial charge in [-0.2, -0.15) is 0 Å². The number of ether oxygens (including phenoxy) is 2. The first-order valence-corrected chi connectivity index (χ1v) is 7.85. The van der Waals surface area contributed by atoms with E-state index in [2.05, 4.69) is 34.2 Å². The Morgan fingerprint density at radius 2 is 1.95 bits per heavy atom. The van der Waals surface area contributed by atoms with Gasteiger partial charge in [0, 0.05) is 17.1 Å². The summed E-state index contributed by atoms with van der Waals surface area (Å²) in [7, 11) is 0. The maximum atomic E-state index is 5.43. The number of hydrogen-bond donors (Lipinski definition) is 1. The first kappa shape index (κ1) is 13.3. The van der Waals surface area contributed by atoms with Crippen LogP contribution >= 0.6 is 15.9 Å². The Labute approximate surface area is 122 Å². The quantitative estimate of drug-likeness (QED) is 0.912. The lowest BCUT2D eigenvalue weighted by molar-refractivity contribution is 0.174. The Bertz CT molecular complexity index is 458. The third-order valence-electron chi connectivity index (χ3n) is 4.26. The monoisotopic (exact) mass is 325 g/mol. The van der Waals surface area contributed by atoms with Gasteiger partial charge < -0.3 is 14.8 Å². The summed E-state index contributed by atoms with van der Waals surface area (Å²) in [6.45, 7) is 3.50. The van der Waals surface area contributed by atoms with Crippen molar-refractivity contribution in [2.45, 2.75) is 45.2 Å². The summed E-state index contributed by atoms with van der Waals surface area (Å²) in [5.41, 5.74) is 1.23. The predicted molar refractivity (Wildman–Crippen MR) is 78.5 cm³/mol. The fourth-order valence-corrected chi connectivity index (χ4v) is 3.45. The van der Waals surface area contributed by atoms with Gasteiger partial charge in [-0.25, -0.2) is 0 Å². The number of rotatable bonds is 4. The van der Waals surface area contributed by atoms with Crippen molar-refractivity contribution in [2.24, 2.45) is 5.92 Å². The van der Waals surface area contributed by atoms with Crippen LogP contribution in [0.5, 0.6) is 11.5 Å². The molecule has 3 nitrogen and oxygen atoms in total. The summed E-state index contributed by atoms with van der Waals surface area (Å²) in [5.74, 6) is 2.53. The lowest BCUT2D eigenvalue weighted by Gasteiger charge is -2.20. The minimum absolute atomic E-state index is 0.330. The van der Waals surface area contributed by atoms with Crippen molar-refractivity contribution in [3.05, 3.63) is 22.2 Å². The molecule has 1 aliphatic heterocycles. The van der Waals surface area contributed by atoms with E-state index in [-0.39, 0.29) is 0 Å². The highest BCUT2D eigenvalue weighted by molar-refractivity contribution is 9.10. The van der Waals surface area contributed by atoms with Gasteiger partial charge in [-0.05, 0) is 43.4 Å². The molecule has 0 amide bonds. The summed E-state index contributed by atoms with van der Waals surface area (Å²) in [4.78, 5) is 0. The van der Waals surface area contributed by atoms with Crippen LogP contribution in [0.15, 0.2) is 16.6 Å². The summed E-state index contributed by atoms with van der Waals surface area (Å²) in [6.07, 6.45) is 5.53. The van der Waals surface area contributed by atoms with Crippen LogP contribution in [0, 0.1) is 5.92 Å².